The van der Waals surface area contributed by atoms with Gasteiger partial charge in [-0.2, -0.15) is 0 Å². The normalized spacial score (nSPS) is 20.2. The molecule has 0 aromatic rings. The van der Waals surface area contributed by atoms with Crippen molar-refractivity contribution in [3.05, 3.63) is 11.6 Å². The van der Waals surface area contributed by atoms with Crippen molar-refractivity contribution in [1.82, 2.24) is 9.80 Å². The first kappa shape index (κ1) is 7.76. The zero-order valence-corrected chi connectivity index (χ0v) is 7.09. The number of hydrogen-bond donors (Lipinski definition) is 0. The molecule has 0 saturated carbocycles. The van der Waals surface area contributed by atoms with E-state index in [1.54, 1.807) is 5.57 Å². The predicted octanol–water partition coefficient (Wildman–Crippen LogP) is 0.420. The molecule has 1 aliphatic rings. The summed E-state index contributed by atoms with van der Waals surface area (Å²) in [6.07, 6.45) is 2.32. The summed E-state index contributed by atoms with van der Waals surface area (Å²) in [7, 11) is 6.37. The first-order valence-electron chi connectivity index (χ1n) is 3.69. The number of rotatable bonds is 2. The van der Waals surface area contributed by atoms with E-state index in [0.717, 1.165) is 19.6 Å². The van der Waals surface area contributed by atoms with E-state index >= 15 is 0 Å². The molecule has 0 unspecified atom stereocenters. The molecule has 0 aliphatic carbocycles. The maximum atomic E-state index is 2.32. The third kappa shape index (κ3) is 2.12. The zero-order valence-electron chi connectivity index (χ0n) is 7.09. The highest BCUT2D eigenvalue weighted by Crippen LogP contribution is 2.06. The van der Waals surface area contributed by atoms with E-state index in [2.05, 4.69) is 37.0 Å². The Morgan fingerprint density at radius 1 is 1.60 bits per heavy atom. The molecule has 0 fully saturated rings. The van der Waals surface area contributed by atoms with E-state index in [4.69, 9.17) is 0 Å². The van der Waals surface area contributed by atoms with Gasteiger partial charge in [0.15, 0.2) is 0 Å². The summed E-state index contributed by atoms with van der Waals surface area (Å²) in [5.74, 6) is 0. The lowest BCUT2D eigenvalue weighted by atomic mass is 10.3. The van der Waals surface area contributed by atoms with Crippen molar-refractivity contribution in [1.29, 1.82) is 0 Å². The molecular formula is C8H16N2. The summed E-state index contributed by atoms with van der Waals surface area (Å²) < 4.78 is 0. The Balaban J connectivity index is 2.30. The third-order valence-electron chi connectivity index (χ3n) is 1.68. The minimum atomic E-state index is 1.12. The van der Waals surface area contributed by atoms with Crippen LogP contribution < -0.4 is 0 Å². The van der Waals surface area contributed by atoms with Crippen molar-refractivity contribution >= 4 is 0 Å². The fourth-order valence-electron chi connectivity index (χ4n) is 1.28. The summed E-state index contributed by atoms with van der Waals surface area (Å²) in [6.45, 7) is 3.39. The molecule has 0 spiro atoms. The molecule has 10 heavy (non-hydrogen) atoms. The Labute approximate surface area is 63.1 Å². The van der Waals surface area contributed by atoms with Gasteiger partial charge < -0.3 is 4.90 Å². The van der Waals surface area contributed by atoms with Gasteiger partial charge in [-0.15, -0.1) is 0 Å². The van der Waals surface area contributed by atoms with Gasteiger partial charge in [0.25, 0.3) is 0 Å². The molecule has 2 nitrogen and oxygen atoms in total. The van der Waals surface area contributed by atoms with E-state index in [9.17, 15) is 0 Å². The lowest BCUT2D eigenvalue weighted by molar-refractivity contribution is 0.400. The van der Waals surface area contributed by atoms with Crippen LogP contribution in [0.15, 0.2) is 11.6 Å². The van der Waals surface area contributed by atoms with Crippen molar-refractivity contribution in [3.63, 3.8) is 0 Å². The highest BCUT2D eigenvalue weighted by atomic mass is 15.1. The van der Waals surface area contributed by atoms with E-state index in [-0.39, 0.29) is 0 Å². The third-order valence-corrected chi connectivity index (χ3v) is 1.68. The van der Waals surface area contributed by atoms with Crippen LogP contribution in [0.2, 0.25) is 0 Å². The topological polar surface area (TPSA) is 6.48 Å². The van der Waals surface area contributed by atoms with Crippen molar-refractivity contribution in [2.24, 2.45) is 0 Å². The Morgan fingerprint density at radius 3 is 2.70 bits per heavy atom. The molecule has 1 rings (SSSR count). The number of nitrogens with zero attached hydrogens (tertiary/aromatic N) is 2. The molecule has 0 bridgehead atoms. The van der Waals surface area contributed by atoms with E-state index in [1.807, 2.05) is 0 Å². The smallest absolute Gasteiger partial charge is 0.0206 e. The first-order valence-corrected chi connectivity index (χ1v) is 3.69. The minimum Gasteiger partial charge on any atom is -0.305 e. The molecule has 2 heteroatoms. The molecule has 0 N–H and O–H groups in total. The summed E-state index contributed by atoms with van der Waals surface area (Å²) >= 11 is 0. The summed E-state index contributed by atoms with van der Waals surface area (Å²) in [4.78, 5) is 4.53. The predicted molar refractivity (Wildman–Crippen MR) is 44.1 cm³/mol. The van der Waals surface area contributed by atoms with Crippen LogP contribution in [0.1, 0.15) is 0 Å². The molecule has 0 aromatic heterocycles. The van der Waals surface area contributed by atoms with Crippen LogP contribution in [0, 0.1) is 0 Å². The Kier molecular flexibility index (Phi) is 2.46. The van der Waals surface area contributed by atoms with Gasteiger partial charge in [0, 0.05) is 19.6 Å². The number of hydrogen-bond acceptors (Lipinski definition) is 2. The maximum absolute atomic E-state index is 2.32. The molecule has 1 heterocycles. The van der Waals surface area contributed by atoms with Gasteiger partial charge in [0.1, 0.15) is 0 Å². The molecule has 0 radical (unpaired) electrons. The molecular weight excluding hydrogens is 124 g/mol. The Hall–Kier alpha value is -0.340. The monoisotopic (exact) mass is 140 g/mol. The molecule has 58 valence electrons. The van der Waals surface area contributed by atoms with Crippen molar-refractivity contribution in [2.75, 3.05) is 40.8 Å². The highest BCUT2D eigenvalue weighted by molar-refractivity contribution is 5.12. The first-order chi connectivity index (χ1) is 4.68. The van der Waals surface area contributed by atoms with E-state index in [1.165, 1.54) is 0 Å². The molecule has 0 aromatic carbocycles. The van der Waals surface area contributed by atoms with Gasteiger partial charge >= 0.3 is 0 Å². The lowest BCUT2D eigenvalue weighted by Crippen LogP contribution is -2.20. The molecule has 1 aliphatic heterocycles. The summed E-state index contributed by atoms with van der Waals surface area (Å²) in [6, 6.07) is 0. The fourth-order valence-corrected chi connectivity index (χ4v) is 1.28. The van der Waals surface area contributed by atoms with E-state index in [0.29, 0.717) is 0 Å². The maximum Gasteiger partial charge on any atom is 0.0206 e. The van der Waals surface area contributed by atoms with Crippen LogP contribution in [-0.4, -0.2) is 50.6 Å². The van der Waals surface area contributed by atoms with Gasteiger partial charge in [-0.05, 0) is 26.7 Å². The van der Waals surface area contributed by atoms with E-state index < -0.39 is 0 Å². The summed E-state index contributed by atoms with van der Waals surface area (Å²) in [5, 5.41) is 0. The van der Waals surface area contributed by atoms with Crippen LogP contribution in [0.5, 0.6) is 0 Å². The van der Waals surface area contributed by atoms with Gasteiger partial charge in [-0.3, -0.25) is 4.90 Å². The van der Waals surface area contributed by atoms with Crippen molar-refractivity contribution < 1.29 is 0 Å². The van der Waals surface area contributed by atoms with Crippen molar-refractivity contribution in [3.8, 4) is 0 Å². The molecule has 0 amide bonds. The van der Waals surface area contributed by atoms with Crippen LogP contribution in [-0.2, 0) is 0 Å². The van der Waals surface area contributed by atoms with Gasteiger partial charge in [-0.1, -0.05) is 6.08 Å². The molecule has 0 atom stereocenters. The molecule has 0 saturated heterocycles. The van der Waals surface area contributed by atoms with Crippen LogP contribution in [0.4, 0.5) is 0 Å². The quantitative estimate of drug-likeness (QED) is 0.513. The van der Waals surface area contributed by atoms with Crippen LogP contribution in [0.3, 0.4) is 0 Å². The average Bonchev–Trinajstić information content (AvgIpc) is 2.13. The van der Waals surface area contributed by atoms with Gasteiger partial charge in [0.2, 0.25) is 0 Å². The average molecular weight is 140 g/mol. The second kappa shape index (κ2) is 3.17. The standard InChI is InChI=1S/C8H16N2/c1-9(2)6-8-4-5-10(3)7-8/h4H,5-7H2,1-3H3. The largest absolute Gasteiger partial charge is 0.305 e. The Morgan fingerprint density at radius 2 is 2.30 bits per heavy atom. The SMILES string of the molecule is CN(C)CC1=CCN(C)C1. The lowest BCUT2D eigenvalue weighted by Gasteiger charge is -2.11. The summed E-state index contributed by atoms with van der Waals surface area (Å²) in [5.41, 5.74) is 1.55. The second-order valence-electron chi connectivity index (χ2n) is 3.30. The highest BCUT2D eigenvalue weighted by Gasteiger charge is 2.09. The minimum absolute atomic E-state index is 1.12. The van der Waals surface area contributed by atoms with Crippen LogP contribution in [0.25, 0.3) is 0 Å². The fraction of sp³-hybridized carbons (Fsp3) is 0.750. The van der Waals surface area contributed by atoms with Crippen LogP contribution >= 0.6 is 0 Å². The van der Waals surface area contributed by atoms with Crippen molar-refractivity contribution in [2.45, 2.75) is 0 Å². The zero-order chi connectivity index (χ0) is 7.56. The van der Waals surface area contributed by atoms with Gasteiger partial charge in [0.05, 0.1) is 0 Å². The Bertz CT molecular complexity index is 138. The van der Waals surface area contributed by atoms with Gasteiger partial charge in [-0.25, -0.2) is 0 Å². The second-order valence-corrected chi connectivity index (χ2v) is 3.30. The number of likely N-dealkylation sites (N-methyl/N-ethyl adjacent to an activating group) is 2.